The Morgan fingerprint density at radius 3 is 2.68 bits per heavy atom. The smallest absolute Gasteiger partial charge is 0.233 e. The number of carbonyl (C=O) groups is 2. The third kappa shape index (κ3) is 4.99. The summed E-state index contributed by atoms with van der Waals surface area (Å²) in [6, 6.07) is 8.33. The highest BCUT2D eigenvalue weighted by molar-refractivity contribution is 9.10. The molecule has 1 aromatic rings. The van der Waals surface area contributed by atoms with Gasteiger partial charge in [-0.2, -0.15) is 0 Å². The SMILES string of the molecule is O=C(CSCC(=O)N1CCCC1c1cccc(Br)c1)N1CCOCC1. The molecule has 2 aliphatic rings. The predicted molar refractivity (Wildman–Crippen MR) is 103 cm³/mol. The van der Waals surface area contributed by atoms with Gasteiger partial charge in [0.15, 0.2) is 0 Å². The van der Waals surface area contributed by atoms with E-state index in [0.29, 0.717) is 37.8 Å². The van der Waals surface area contributed by atoms with Crippen molar-refractivity contribution in [3.8, 4) is 0 Å². The maximum absolute atomic E-state index is 12.6. The van der Waals surface area contributed by atoms with Gasteiger partial charge in [-0.05, 0) is 30.5 Å². The van der Waals surface area contributed by atoms with E-state index < -0.39 is 0 Å². The molecule has 1 atom stereocenters. The number of nitrogens with zero attached hydrogens (tertiary/aromatic N) is 2. The molecule has 25 heavy (non-hydrogen) atoms. The summed E-state index contributed by atoms with van der Waals surface area (Å²) in [5.41, 5.74) is 1.18. The van der Waals surface area contributed by atoms with Crippen molar-refractivity contribution >= 4 is 39.5 Å². The van der Waals surface area contributed by atoms with Crippen molar-refractivity contribution in [2.75, 3.05) is 44.4 Å². The zero-order valence-electron chi connectivity index (χ0n) is 14.2. The molecule has 2 heterocycles. The highest BCUT2D eigenvalue weighted by Crippen LogP contribution is 2.33. The minimum Gasteiger partial charge on any atom is -0.378 e. The Hall–Kier alpha value is -1.05. The molecule has 0 spiro atoms. The predicted octanol–water partition coefficient (Wildman–Crippen LogP) is 2.70. The molecule has 3 rings (SSSR count). The topological polar surface area (TPSA) is 49.9 Å². The molecule has 0 aromatic heterocycles. The second-order valence-corrected chi connectivity index (χ2v) is 8.19. The molecule has 0 bridgehead atoms. The minimum absolute atomic E-state index is 0.103. The van der Waals surface area contributed by atoms with Crippen molar-refractivity contribution < 1.29 is 14.3 Å². The summed E-state index contributed by atoms with van der Waals surface area (Å²) in [6.07, 6.45) is 2.03. The van der Waals surface area contributed by atoms with E-state index in [9.17, 15) is 9.59 Å². The number of morpholine rings is 1. The van der Waals surface area contributed by atoms with Crippen LogP contribution in [0.3, 0.4) is 0 Å². The van der Waals surface area contributed by atoms with Gasteiger partial charge < -0.3 is 14.5 Å². The van der Waals surface area contributed by atoms with E-state index in [2.05, 4.69) is 28.1 Å². The highest BCUT2D eigenvalue weighted by Gasteiger charge is 2.30. The molecular formula is C18H23BrN2O3S. The van der Waals surface area contributed by atoms with Crippen LogP contribution in [0, 0.1) is 0 Å². The molecule has 2 fully saturated rings. The fraction of sp³-hybridized carbons (Fsp3) is 0.556. The maximum atomic E-state index is 12.6. The number of carbonyl (C=O) groups excluding carboxylic acids is 2. The first-order valence-electron chi connectivity index (χ1n) is 8.63. The summed E-state index contributed by atoms with van der Waals surface area (Å²) in [5, 5.41) is 0. The third-order valence-corrected chi connectivity index (χ3v) is 6.02. The number of ether oxygens (including phenoxy) is 1. The molecule has 7 heteroatoms. The Morgan fingerprint density at radius 1 is 1.16 bits per heavy atom. The summed E-state index contributed by atoms with van der Waals surface area (Å²) in [5.74, 6) is 0.954. The lowest BCUT2D eigenvalue weighted by Gasteiger charge is -2.27. The lowest BCUT2D eigenvalue weighted by atomic mass is 10.0. The van der Waals surface area contributed by atoms with Gasteiger partial charge in [-0.25, -0.2) is 0 Å². The maximum Gasteiger partial charge on any atom is 0.233 e. The fourth-order valence-electron chi connectivity index (χ4n) is 3.34. The molecule has 2 aliphatic heterocycles. The van der Waals surface area contributed by atoms with E-state index in [1.807, 2.05) is 21.9 Å². The molecule has 5 nitrogen and oxygen atoms in total. The number of hydrogen-bond acceptors (Lipinski definition) is 4. The molecule has 0 aliphatic carbocycles. The monoisotopic (exact) mass is 426 g/mol. The third-order valence-electron chi connectivity index (χ3n) is 4.62. The molecule has 0 N–H and O–H groups in total. The van der Waals surface area contributed by atoms with E-state index in [4.69, 9.17) is 4.74 Å². The van der Waals surface area contributed by atoms with Crippen molar-refractivity contribution in [1.29, 1.82) is 0 Å². The number of amides is 2. The van der Waals surface area contributed by atoms with Gasteiger partial charge in [0.25, 0.3) is 0 Å². The number of benzene rings is 1. The number of likely N-dealkylation sites (tertiary alicyclic amines) is 1. The van der Waals surface area contributed by atoms with Crippen LogP contribution in [-0.2, 0) is 14.3 Å². The average molecular weight is 427 g/mol. The number of hydrogen-bond donors (Lipinski definition) is 0. The largest absolute Gasteiger partial charge is 0.378 e. The molecule has 1 unspecified atom stereocenters. The van der Waals surface area contributed by atoms with Crippen LogP contribution in [0.15, 0.2) is 28.7 Å². The number of rotatable bonds is 5. The Morgan fingerprint density at radius 2 is 1.92 bits per heavy atom. The van der Waals surface area contributed by atoms with E-state index in [1.165, 1.54) is 17.3 Å². The van der Waals surface area contributed by atoms with Gasteiger partial charge in [0.05, 0.1) is 30.8 Å². The van der Waals surface area contributed by atoms with Crippen LogP contribution in [-0.4, -0.2) is 66.0 Å². The van der Waals surface area contributed by atoms with Gasteiger partial charge in [0.2, 0.25) is 11.8 Å². The van der Waals surface area contributed by atoms with Crippen LogP contribution in [0.4, 0.5) is 0 Å². The molecule has 0 saturated carbocycles. The normalized spacial score (nSPS) is 20.8. The molecule has 1 aromatic carbocycles. The molecule has 2 amide bonds. The highest BCUT2D eigenvalue weighted by atomic mass is 79.9. The van der Waals surface area contributed by atoms with Gasteiger partial charge >= 0.3 is 0 Å². The second-order valence-electron chi connectivity index (χ2n) is 6.29. The van der Waals surface area contributed by atoms with Crippen molar-refractivity contribution in [1.82, 2.24) is 9.80 Å². The van der Waals surface area contributed by atoms with E-state index in [-0.39, 0.29) is 17.9 Å². The standard InChI is InChI=1S/C18H23BrN2O3S/c19-15-4-1-3-14(11-15)16-5-2-6-21(16)18(23)13-25-12-17(22)20-7-9-24-10-8-20/h1,3-4,11,16H,2,5-10,12-13H2. The van der Waals surface area contributed by atoms with Gasteiger partial charge in [-0.15, -0.1) is 11.8 Å². The van der Waals surface area contributed by atoms with E-state index in [1.54, 1.807) is 0 Å². The summed E-state index contributed by atoms with van der Waals surface area (Å²) >= 11 is 4.92. The van der Waals surface area contributed by atoms with Gasteiger partial charge in [0, 0.05) is 24.1 Å². The van der Waals surface area contributed by atoms with Crippen molar-refractivity contribution in [3.05, 3.63) is 34.3 Å². The first kappa shape index (κ1) is 18.7. The Kier molecular flexibility index (Phi) is 6.78. The van der Waals surface area contributed by atoms with Gasteiger partial charge in [-0.1, -0.05) is 28.1 Å². The lowest BCUT2D eigenvalue weighted by molar-refractivity contribution is -0.132. The van der Waals surface area contributed by atoms with Crippen LogP contribution >= 0.6 is 27.7 Å². The van der Waals surface area contributed by atoms with Gasteiger partial charge in [-0.3, -0.25) is 9.59 Å². The second kappa shape index (κ2) is 9.05. The average Bonchev–Trinajstić information content (AvgIpc) is 3.12. The van der Waals surface area contributed by atoms with Crippen LogP contribution in [0.2, 0.25) is 0 Å². The molecule has 136 valence electrons. The lowest BCUT2D eigenvalue weighted by Crippen LogP contribution is -2.41. The van der Waals surface area contributed by atoms with Crippen molar-refractivity contribution in [2.45, 2.75) is 18.9 Å². The van der Waals surface area contributed by atoms with Crippen LogP contribution in [0.25, 0.3) is 0 Å². The zero-order valence-corrected chi connectivity index (χ0v) is 16.6. The molecular weight excluding hydrogens is 404 g/mol. The van der Waals surface area contributed by atoms with Crippen LogP contribution in [0.1, 0.15) is 24.4 Å². The first-order valence-corrected chi connectivity index (χ1v) is 10.6. The minimum atomic E-state index is 0.103. The number of halogens is 1. The summed E-state index contributed by atoms with van der Waals surface area (Å²) in [6.45, 7) is 3.33. The van der Waals surface area contributed by atoms with Crippen LogP contribution in [0.5, 0.6) is 0 Å². The zero-order chi connectivity index (χ0) is 17.6. The summed E-state index contributed by atoms with van der Waals surface area (Å²) in [7, 11) is 0. The first-order chi connectivity index (χ1) is 12.1. The molecule has 0 radical (unpaired) electrons. The summed E-state index contributed by atoms with van der Waals surface area (Å²) in [4.78, 5) is 28.6. The Labute approximate surface area is 161 Å². The van der Waals surface area contributed by atoms with E-state index >= 15 is 0 Å². The Bertz CT molecular complexity index is 622. The summed E-state index contributed by atoms with van der Waals surface area (Å²) < 4.78 is 6.29. The number of thioether (sulfide) groups is 1. The van der Waals surface area contributed by atoms with Gasteiger partial charge in [0.1, 0.15) is 0 Å². The van der Waals surface area contributed by atoms with E-state index in [0.717, 1.165) is 23.9 Å². The Balaban J connectivity index is 1.49. The fourth-order valence-corrected chi connectivity index (χ4v) is 4.55. The van der Waals surface area contributed by atoms with Crippen molar-refractivity contribution in [3.63, 3.8) is 0 Å². The van der Waals surface area contributed by atoms with Crippen molar-refractivity contribution in [2.24, 2.45) is 0 Å². The molecule has 2 saturated heterocycles. The quantitative estimate of drug-likeness (QED) is 0.725. The van der Waals surface area contributed by atoms with Crippen LogP contribution < -0.4 is 0 Å².